The van der Waals surface area contributed by atoms with Gasteiger partial charge in [-0.05, 0) is 38.0 Å². The van der Waals surface area contributed by atoms with Crippen molar-refractivity contribution in [2.75, 3.05) is 0 Å². The second-order valence-electron chi connectivity index (χ2n) is 4.83. The van der Waals surface area contributed by atoms with Gasteiger partial charge in [-0.15, -0.1) is 0 Å². The molecule has 1 fully saturated rings. The zero-order valence-electron chi connectivity index (χ0n) is 10.2. The van der Waals surface area contributed by atoms with Crippen LogP contribution in [0.15, 0.2) is 32.0 Å². The van der Waals surface area contributed by atoms with E-state index in [4.69, 9.17) is 4.42 Å². The first-order valence-electron chi connectivity index (χ1n) is 6.26. The standard InChI is InChI=1S/C14H15BrO2S/c1-9-14(18(16)11-4-2-3-5-11)12-8-10(15)6-7-13(12)17-9/h6-8,11H,2-5H2,1H3. The quantitative estimate of drug-likeness (QED) is 0.810. The summed E-state index contributed by atoms with van der Waals surface area (Å²) in [7, 11) is -0.937. The van der Waals surface area contributed by atoms with Crippen LogP contribution >= 0.6 is 15.9 Å². The Morgan fingerprint density at radius 3 is 2.78 bits per heavy atom. The molecule has 0 N–H and O–H groups in total. The van der Waals surface area contributed by atoms with Crippen molar-refractivity contribution in [1.29, 1.82) is 0 Å². The third-order valence-corrected chi connectivity index (χ3v) is 6.06. The minimum atomic E-state index is -0.937. The Morgan fingerprint density at radius 1 is 1.33 bits per heavy atom. The van der Waals surface area contributed by atoms with Crippen LogP contribution in [0.1, 0.15) is 31.4 Å². The summed E-state index contributed by atoms with van der Waals surface area (Å²) < 4.78 is 19.4. The molecule has 0 spiro atoms. The molecule has 0 amide bonds. The van der Waals surface area contributed by atoms with Gasteiger partial charge in [0.2, 0.25) is 0 Å². The molecule has 1 unspecified atom stereocenters. The van der Waals surface area contributed by atoms with Crippen molar-refractivity contribution >= 4 is 37.7 Å². The number of aryl methyl sites for hydroxylation is 1. The molecule has 3 rings (SSSR count). The number of halogens is 1. The van der Waals surface area contributed by atoms with Gasteiger partial charge in [-0.2, -0.15) is 0 Å². The van der Waals surface area contributed by atoms with Crippen molar-refractivity contribution in [3.05, 3.63) is 28.4 Å². The summed E-state index contributed by atoms with van der Waals surface area (Å²) >= 11 is 3.47. The summed E-state index contributed by atoms with van der Waals surface area (Å²) in [6.45, 7) is 1.91. The Morgan fingerprint density at radius 2 is 2.06 bits per heavy atom. The van der Waals surface area contributed by atoms with Crippen molar-refractivity contribution in [2.24, 2.45) is 0 Å². The first-order valence-corrected chi connectivity index (χ1v) is 8.26. The summed E-state index contributed by atoms with van der Waals surface area (Å²) in [5, 5.41) is 1.30. The third kappa shape index (κ3) is 2.05. The molecular weight excluding hydrogens is 312 g/mol. The molecule has 4 heteroatoms. The van der Waals surface area contributed by atoms with Crippen LogP contribution in [0, 0.1) is 6.92 Å². The lowest BCUT2D eigenvalue weighted by Crippen LogP contribution is -2.10. The molecule has 0 bridgehead atoms. The van der Waals surface area contributed by atoms with Crippen molar-refractivity contribution in [3.63, 3.8) is 0 Å². The topological polar surface area (TPSA) is 30.2 Å². The smallest absolute Gasteiger partial charge is 0.135 e. The maximum Gasteiger partial charge on any atom is 0.135 e. The first kappa shape index (κ1) is 12.4. The minimum Gasteiger partial charge on any atom is -0.460 e. The van der Waals surface area contributed by atoms with Crippen LogP contribution in [0.2, 0.25) is 0 Å². The molecule has 1 atom stereocenters. The maximum absolute atomic E-state index is 12.7. The van der Waals surface area contributed by atoms with Crippen LogP contribution in [0.3, 0.4) is 0 Å². The van der Waals surface area contributed by atoms with E-state index in [-0.39, 0.29) is 0 Å². The molecule has 1 aromatic carbocycles. The summed E-state index contributed by atoms with van der Waals surface area (Å²) in [6, 6.07) is 5.89. The molecule has 1 aliphatic rings. The van der Waals surface area contributed by atoms with Gasteiger partial charge in [0.15, 0.2) is 0 Å². The normalized spacial score (nSPS) is 18.6. The number of hydrogen-bond donors (Lipinski definition) is 0. The van der Waals surface area contributed by atoms with Crippen LogP contribution < -0.4 is 0 Å². The van der Waals surface area contributed by atoms with Crippen molar-refractivity contribution in [2.45, 2.75) is 42.8 Å². The molecule has 2 aromatic rings. The second kappa shape index (κ2) is 4.82. The van der Waals surface area contributed by atoms with E-state index in [0.717, 1.165) is 38.9 Å². The Balaban J connectivity index is 2.12. The second-order valence-corrected chi connectivity index (χ2v) is 7.42. The van der Waals surface area contributed by atoms with E-state index < -0.39 is 10.8 Å². The van der Waals surface area contributed by atoms with E-state index >= 15 is 0 Å². The highest BCUT2D eigenvalue weighted by molar-refractivity contribution is 9.10. The zero-order valence-corrected chi connectivity index (χ0v) is 12.6. The highest BCUT2D eigenvalue weighted by Gasteiger charge is 2.27. The summed E-state index contributed by atoms with van der Waals surface area (Å²) in [4.78, 5) is 0.901. The molecule has 0 radical (unpaired) electrons. The number of fused-ring (bicyclic) bond motifs is 1. The molecular formula is C14H15BrO2S. The average Bonchev–Trinajstić information content (AvgIpc) is 2.94. The van der Waals surface area contributed by atoms with Gasteiger partial charge in [-0.3, -0.25) is 4.21 Å². The fourth-order valence-corrected chi connectivity index (χ4v) is 4.85. The summed E-state index contributed by atoms with van der Waals surface area (Å²) in [6.07, 6.45) is 4.56. The molecule has 2 nitrogen and oxygen atoms in total. The van der Waals surface area contributed by atoms with Crippen LogP contribution in [-0.2, 0) is 10.8 Å². The zero-order chi connectivity index (χ0) is 12.7. The Hall–Kier alpha value is -0.610. The van der Waals surface area contributed by atoms with Crippen molar-refractivity contribution < 1.29 is 8.63 Å². The Labute approximate surface area is 117 Å². The molecule has 0 saturated heterocycles. The summed E-state index contributed by atoms with van der Waals surface area (Å²) in [5.41, 5.74) is 0.831. The highest BCUT2D eigenvalue weighted by Crippen LogP contribution is 2.35. The fraction of sp³-hybridized carbons (Fsp3) is 0.429. The average molecular weight is 327 g/mol. The molecule has 1 aliphatic carbocycles. The lowest BCUT2D eigenvalue weighted by Gasteiger charge is -2.08. The van der Waals surface area contributed by atoms with Gasteiger partial charge in [0.25, 0.3) is 0 Å². The van der Waals surface area contributed by atoms with Gasteiger partial charge in [-0.25, -0.2) is 0 Å². The van der Waals surface area contributed by atoms with Crippen molar-refractivity contribution in [3.8, 4) is 0 Å². The molecule has 1 heterocycles. The Kier molecular flexibility index (Phi) is 3.32. The van der Waals surface area contributed by atoms with Crippen LogP contribution in [-0.4, -0.2) is 9.46 Å². The first-order chi connectivity index (χ1) is 8.66. The summed E-state index contributed by atoms with van der Waals surface area (Å²) in [5.74, 6) is 0.799. The van der Waals surface area contributed by atoms with E-state index in [2.05, 4.69) is 15.9 Å². The lowest BCUT2D eigenvalue weighted by molar-refractivity contribution is 0.565. The van der Waals surface area contributed by atoms with Crippen LogP contribution in [0.25, 0.3) is 11.0 Å². The maximum atomic E-state index is 12.7. The largest absolute Gasteiger partial charge is 0.460 e. The van der Waals surface area contributed by atoms with Crippen LogP contribution in [0.5, 0.6) is 0 Å². The number of furan rings is 1. The van der Waals surface area contributed by atoms with Gasteiger partial charge >= 0.3 is 0 Å². The number of benzene rings is 1. The Bertz CT molecular complexity index is 612. The van der Waals surface area contributed by atoms with E-state index in [0.29, 0.717) is 5.25 Å². The van der Waals surface area contributed by atoms with Gasteiger partial charge < -0.3 is 4.42 Å². The predicted molar refractivity (Wildman–Crippen MR) is 77.3 cm³/mol. The highest BCUT2D eigenvalue weighted by atomic mass is 79.9. The van der Waals surface area contributed by atoms with Gasteiger partial charge in [0, 0.05) is 15.1 Å². The molecule has 0 aliphatic heterocycles. The molecule has 18 heavy (non-hydrogen) atoms. The lowest BCUT2D eigenvalue weighted by atomic mass is 10.2. The predicted octanol–water partition coefficient (Wildman–Crippen LogP) is 4.55. The van der Waals surface area contributed by atoms with Crippen LogP contribution in [0.4, 0.5) is 0 Å². The minimum absolute atomic E-state index is 0.309. The van der Waals surface area contributed by atoms with E-state index in [1.54, 1.807) is 0 Å². The third-order valence-electron chi connectivity index (χ3n) is 3.58. The fourth-order valence-electron chi connectivity index (χ4n) is 2.69. The van der Waals surface area contributed by atoms with Gasteiger partial charge in [-0.1, -0.05) is 28.8 Å². The van der Waals surface area contributed by atoms with Gasteiger partial charge in [0.1, 0.15) is 11.3 Å². The molecule has 1 saturated carbocycles. The SMILES string of the molecule is Cc1oc2ccc(Br)cc2c1S(=O)C1CCCC1. The monoisotopic (exact) mass is 326 g/mol. The number of rotatable bonds is 2. The van der Waals surface area contributed by atoms with E-state index in [9.17, 15) is 4.21 Å². The van der Waals surface area contributed by atoms with Gasteiger partial charge in [0.05, 0.1) is 15.7 Å². The van der Waals surface area contributed by atoms with E-state index in [1.165, 1.54) is 12.8 Å². The molecule has 96 valence electrons. The van der Waals surface area contributed by atoms with E-state index in [1.807, 2.05) is 25.1 Å². The number of hydrogen-bond acceptors (Lipinski definition) is 2. The van der Waals surface area contributed by atoms with Crippen molar-refractivity contribution in [1.82, 2.24) is 0 Å². The molecule has 1 aromatic heterocycles.